The predicted molar refractivity (Wildman–Crippen MR) is 89.5 cm³/mol. The molecule has 112 valence electrons. The van der Waals surface area contributed by atoms with E-state index in [0.29, 0.717) is 16.3 Å². The van der Waals surface area contributed by atoms with Crippen LogP contribution in [0.3, 0.4) is 0 Å². The van der Waals surface area contributed by atoms with Gasteiger partial charge >= 0.3 is 0 Å². The Morgan fingerprint density at radius 1 is 1.19 bits per heavy atom. The van der Waals surface area contributed by atoms with Crippen molar-refractivity contribution in [2.75, 3.05) is 15.8 Å². The molecule has 0 bridgehead atoms. The van der Waals surface area contributed by atoms with E-state index in [2.05, 4.69) is 26.0 Å². The van der Waals surface area contributed by atoms with Crippen molar-refractivity contribution in [1.82, 2.24) is 0 Å². The topological polar surface area (TPSA) is 75.3 Å². The molecule has 2 rings (SSSR count). The van der Waals surface area contributed by atoms with E-state index in [4.69, 9.17) is 0 Å². The van der Waals surface area contributed by atoms with Crippen molar-refractivity contribution in [1.29, 1.82) is 0 Å². The lowest BCUT2D eigenvalue weighted by Crippen LogP contribution is -2.14. The maximum absolute atomic E-state index is 12.0. The van der Waals surface area contributed by atoms with E-state index in [1.807, 2.05) is 11.4 Å². The summed E-state index contributed by atoms with van der Waals surface area (Å²) in [5.74, 6) is -0.198. The van der Waals surface area contributed by atoms with Crippen LogP contribution in [-0.2, 0) is 10.0 Å². The maximum atomic E-state index is 12.0. The number of halogens is 1. The van der Waals surface area contributed by atoms with Gasteiger partial charge in [-0.15, -0.1) is 11.3 Å². The Hall–Kier alpha value is -1.38. The molecule has 0 aliphatic rings. The van der Waals surface area contributed by atoms with Gasteiger partial charge in [0.25, 0.3) is 5.91 Å². The van der Waals surface area contributed by atoms with Crippen LogP contribution in [-0.4, -0.2) is 20.1 Å². The summed E-state index contributed by atoms with van der Waals surface area (Å²) in [6.45, 7) is 1.57. The lowest BCUT2D eigenvalue weighted by molar-refractivity contribution is 0.103. The molecule has 8 heteroatoms. The molecule has 0 spiro atoms. The van der Waals surface area contributed by atoms with Gasteiger partial charge in [-0.3, -0.25) is 9.52 Å². The zero-order valence-corrected chi connectivity index (χ0v) is 14.3. The van der Waals surface area contributed by atoms with Crippen LogP contribution in [0.2, 0.25) is 0 Å². The summed E-state index contributed by atoms with van der Waals surface area (Å²) < 4.78 is 26.1. The first kappa shape index (κ1) is 16.0. The van der Waals surface area contributed by atoms with E-state index in [0.717, 1.165) is 4.47 Å². The number of carbonyl (C=O) groups excluding carboxylic acids is 1. The SMILES string of the molecule is CCS(=O)(=O)Nc1ccc(NC(=O)c2sccc2Br)cc1. The van der Waals surface area contributed by atoms with Crippen molar-refractivity contribution in [2.45, 2.75) is 6.92 Å². The standard InChI is InChI=1S/C13H13BrN2O3S2/c1-2-21(18,19)16-10-5-3-9(4-6-10)15-13(17)12-11(14)7-8-20-12/h3-8,16H,2H2,1H3,(H,15,17). The Morgan fingerprint density at radius 3 is 2.33 bits per heavy atom. The molecule has 2 aromatic rings. The highest BCUT2D eigenvalue weighted by molar-refractivity contribution is 9.10. The van der Waals surface area contributed by atoms with Crippen LogP contribution in [0.1, 0.15) is 16.6 Å². The van der Waals surface area contributed by atoms with E-state index in [1.54, 1.807) is 31.2 Å². The second kappa shape index (κ2) is 6.59. The average molecular weight is 389 g/mol. The molecule has 1 amide bonds. The number of rotatable bonds is 5. The Balaban J connectivity index is 2.06. The lowest BCUT2D eigenvalue weighted by atomic mass is 10.3. The highest BCUT2D eigenvalue weighted by Gasteiger charge is 2.12. The summed E-state index contributed by atoms with van der Waals surface area (Å²) in [7, 11) is -3.29. The number of hydrogen-bond donors (Lipinski definition) is 2. The lowest BCUT2D eigenvalue weighted by Gasteiger charge is -2.08. The Morgan fingerprint density at radius 2 is 1.81 bits per heavy atom. The largest absolute Gasteiger partial charge is 0.321 e. The molecule has 0 radical (unpaired) electrons. The predicted octanol–water partition coefficient (Wildman–Crippen LogP) is 3.52. The molecule has 0 aliphatic carbocycles. The molecule has 0 unspecified atom stereocenters. The van der Waals surface area contributed by atoms with Gasteiger partial charge in [0.2, 0.25) is 10.0 Å². The number of hydrogen-bond acceptors (Lipinski definition) is 4. The molecule has 1 heterocycles. The number of benzene rings is 1. The van der Waals surface area contributed by atoms with Crippen LogP contribution in [0.15, 0.2) is 40.2 Å². The molecule has 0 saturated heterocycles. The zero-order valence-electron chi connectivity index (χ0n) is 11.1. The number of carbonyl (C=O) groups is 1. The van der Waals surface area contributed by atoms with Gasteiger partial charge in [0, 0.05) is 15.8 Å². The summed E-state index contributed by atoms with van der Waals surface area (Å²) in [6, 6.07) is 8.31. The smallest absolute Gasteiger partial charge is 0.266 e. The van der Waals surface area contributed by atoms with Crippen LogP contribution < -0.4 is 10.0 Å². The number of anilines is 2. The summed E-state index contributed by atoms with van der Waals surface area (Å²) >= 11 is 4.65. The van der Waals surface area contributed by atoms with E-state index in [1.165, 1.54) is 11.3 Å². The van der Waals surface area contributed by atoms with E-state index in [-0.39, 0.29) is 11.7 Å². The molecule has 0 aliphatic heterocycles. The van der Waals surface area contributed by atoms with E-state index in [9.17, 15) is 13.2 Å². The third kappa shape index (κ3) is 4.29. The number of amides is 1. The normalized spacial score (nSPS) is 11.1. The summed E-state index contributed by atoms with van der Waals surface area (Å²) in [6.07, 6.45) is 0. The zero-order chi connectivity index (χ0) is 15.5. The number of nitrogens with one attached hydrogen (secondary N) is 2. The number of thiophene rings is 1. The van der Waals surface area contributed by atoms with Gasteiger partial charge in [0.1, 0.15) is 4.88 Å². The van der Waals surface area contributed by atoms with Crippen LogP contribution >= 0.6 is 27.3 Å². The quantitative estimate of drug-likeness (QED) is 0.822. The van der Waals surface area contributed by atoms with Gasteiger partial charge in [-0.25, -0.2) is 8.42 Å². The van der Waals surface area contributed by atoms with Crippen LogP contribution in [0, 0.1) is 0 Å². The molecule has 0 fully saturated rings. The number of sulfonamides is 1. The van der Waals surface area contributed by atoms with Gasteiger partial charge in [0.15, 0.2) is 0 Å². The Labute approximate surface area is 135 Å². The van der Waals surface area contributed by atoms with Crippen LogP contribution in [0.5, 0.6) is 0 Å². The third-order valence-corrected chi connectivity index (χ3v) is 5.76. The van der Waals surface area contributed by atoms with E-state index < -0.39 is 10.0 Å². The monoisotopic (exact) mass is 388 g/mol. The second-order valence-electron chi connectivity index (χ2n) is 4.13. The van der Waals surface area contributed by atoms with Crippen molar-refractivity contribution in [3.05, 3.63) is 45.1 Å². The molecule has 5 nitrogen and oxygen atoms in total. The van der Waals surface area contributed by atoms with Crippen LogP contribution in [0.25, 0.3) is 0 Å². The van der Waals surface area contributed by atoms with Crippen molar-refractivity contribution in [2.24, 2.45) is 0 Å². The van der Waals surface area contributed by atoms with Crippen molar-refractivity contribution in [3.63, 3.8) is 0 Å². The highest BCUT2D eigenvalue weighted by atomic mass is 79.9. The molecule has 0 atom stereocenters. The minimum atomic E-state index is -3.29. The van der Waals surface area contributed by atoms with Gasteiger partial charge in [-0.05, 0) is 58.6 Å². The summed E-state index contributed by atoms with van der Waals surface area (Å²) in [5.41, 5.74) is 1.06. The molecule has 21 heavy (non-hydrogen) atoms. The Bertz CT molecular complexity index is 739. The van der Waals surface area contributed by atoms with Gasteiger partial charge < -0.3 is 5.32 Å². The first-order valence-corrected chi connectivity index (χ1v) is 9.38. The fraction of sp³-hybridized carbons (Fsp3) is 0.154. The molecule has 1 aromatic heterocycles. The molecule has 0 saturated carbocycles. The second-order valence-corrected chi connectivity index (χ2v) is 7.92. The van der Waals surface area contributed by atoms with Crippen molar-refractivity contribution >= 4 is 54.6 Å². The minimum absolute atomic E-state index is 0.0118. The highest BCUT2D eigenvalue weighted by Crippen LogP contribution is 2.24. The fourth-order valence-corrected chi connectivity index (χ4v) is 3.60. The maximum Gasteiger partial charge on any atom is 0.266 e. The Kier molecular flexibility index (Phi) is 5.02. The molecular formula is C13H13BrN2O3S2. The molecule has 2 N–H and O–H groups in total. The van der Waals surface area contributed by atoms with E-state index >= 15 is 0 Å². The summed E-state index contributed by atoms with van der Waals surface area (Å²) in [5, 5.41) is 4.57. The molecule has 1 aromatic carbocycles. The first-order chi connectivity index (χ1) is 9.91. The molecular weight excluding hydrogens is 376 g/mol. The minimum Gasteiger partial charge on any atom is -0.321 e. The van der Waals surface area contributed by atoms with Crippen molar-refractivity contribution in [3.8, 4) is 0 Å². The first-order valence-electron chi connectivity index (χ1n) is 6.06. The van der Waals surface area contributed by atoms with Gasteiger partial charge in [-0.1, -0.05) is 0 Å². The van der Waals surface area contributed by atoms with Gasteiger partial charge in [-0.2, -0.15) is 0 Å². The fourth-order valence-electron chi connectivity index (χ4n) is 1.52. The van der Waals surface area contributed by atoms with Crippen LogP contribution in [0.4, 0.5) is 11.4 Å². The average Bonchev–Trinajstić information content (AvgIpc) is 2.87. The summed E-state index contributed by atoms with van der Waals surface area (Å²) in [4.78, 5) is 12.6. The third-order valence-electron chi connectivity index (χ3n) is 2.62. The van der Waals surface area contributed by atoms with Gasteiger partial charge in [0.05, 0.1) is 5.75 Å². The van der Waals surface area contributed by atoms with Crippen molar-refractivity contribution < 1.29 is 13.2 Å².